The van der Waals surface area contributed by atoms with Crippen LogP contribution >= 0.6 is 0 Å². The Morgan fingerprint density at radius 1 is 0.223 bits per heavy atom. The number of nitrogens with one attached hydrogen (secondary N) is 4. The van der Waals surface area contributed by atoms with Gasteiger partial charge in [0.05, 0.1) is 89.4 Å². The van der Waals surface area contributed by atoms with E-state index in [1.165, 1.54) is 72.8 Å². The van der Waals surface area contributed by atoms with Gasteiger partial charge in [0.1, 0.15) is 32.8 Å². The topological polar surface area (TPSA) is 746 Å². The smallest absolute Gasteiger partial charge is 0.324 e. The van der Waals surface area contributed by atoms with Crippen molar-refractivity contribution in [3.8, 4) is 0 Å². The summed E-state index contributed by atoms with van der Waals surface area (Å²) < 4.78 is 237. The Balaban J connectivity index is 0.00000121. The molecule has 0 aliphatic carbocycles. The molecule has 0 amide bonds. The number of anilines is 8. The van der Waals surface area contributed by atoms with E-state index >= 15 is 0 Å². The molecule has 148 heavy (non-hydrogen) atoms. The van der Waals surface area contributed by atoms with E-state index in [0.717, 1.165) is 34.4 Å². The summed E-state index contributed by atoms with van der Waals surface area (Å²) in [5, 5.41) is 81.7. The quantitative estimate of drug-likeness (QED) is 0.0143. The Morgan fingerprint density at radius 3 is 0.736 bits per heavy atom. The summed E-state index contributed by atoms with van der Waals surface area (Å²) in [6.07, 6.45) is 0.433. The number of aryl methyl sites for hydroxylation is 4. The van der Waals surface area contributed by atoms with Crippen LogP contribution < -0.4 is 21.3 Å². The predicted molar refractivity (Wildman–Crippen MR) is 533 cm³/mol. The summed E-state index contributed by atoms with van der Waals surface area (Å²) in [7, 11) is -30.8. The first-order chi connectivity index (χ1) is 70.3. The number of azo groups is 8. The van der Waals surface area contributed by atoms with Crippen LogP contribution in [-0.2, 0) is 95.7 Å². The summed E-state index contributed by atoms with van der Waals surface area (Å²) in [5.41, 5.74) is 12.2. The van der Waals surface area contributed by atoms with Crippen molar-refractivity contribution in [3.63, 3.8) is 0 Å². The van der Waals surface area contributed by atoms with E-state index in [-0.39, 0.29) is 69.2 Å². The molecule has 15 aromatic rings. The molecule has 0 atom stereocenters. The van der Waals surface area contributed by atoms with Gasteiger partial charge in [0, 0.05) is 35.6 Å². The molecule has 58 heteroatoms. The third kappa shape index (κ3) is 36.4. The van der Waals surface area contributed by atoms with Gasteiger partial charge in [0.15, 0.2) is 0 Å². The molecule has 2 heterocycles. The van der Waals surface area contributed by atoms with Crippen LogP contribution in [0.15, 0.2) is 393 Å². The Labute approximate surface area is 846 Å². The van der Waals surface area contributed by atoms with Gasteiger partial charge in [0.2, 0.25) is 23.8 Å². The van der Waals surface area contributed by atoms with E-state index < -0.39 is 92.7 Å². The second kappa shape index (κ2) is 51.8. The minimum Gasteiger partial charge on any atom is -0.324 e. The lowest BCUT2D eigenvalue weighted by Crippen LogP contribution is -2.09. The van der Waals surface area contributed by atoms with Crippen LogP contribution in [0.1, 0.15) is 45.0 Å². The van der Waals surface area contributed by atoms with Crippen LogP contribution in [0.3, 0.4) is 0 Å². The Morgan fingerprint density at radius 2 is 0.453 bits per heavy atom. The van der Waals surface area contributed by atoms with Gasteiger partial charge in [-0.2, -0.15) is 130 Å². The zero-order valence-electron chi connectivity index (χ0n) is 76.2. The van der Waals surface area contributed by atoms with Gasteiger partial charge in [-0.3, -0.25) is 18.2 Å². The zero-order valence-corrected chi connectivity index (χ0v) is 82.7. The number of rotatable bonds is 32. The van der Waals surface area contributed by atoms with Gasteiger partial charge in [-0.15, -0.1) is 60.7 Å². The van der Waals surface area contributed by atoms with Gasteiger partial charge in [0.25, 0.3) is 40.5 Å². The molecule has 0 aliphatic heterocycles. The molecular weight excluding hydrogens is 2090 g/mol. The van der Waals surface area contributed by atoms with E-state index in [9.17, 15) is 51.9 Å². The second-order valence-corrected chi connectivity index (χ2v) is 37.0. The average Bonchev–Trinajstić information content (AvgIpc) is 0.808. The molecule has 0 saturated heterocycles. The zero-order chi connectivity index (χ0) is 107. The lowest BCUT2D eigenvalue weighted by molar-refractivity contribution is 0.481. The third-order valence-electron chi connectivity index (χ3n) is 19.0. The molecule has 0 saturated carbocycles. The molecule has 0 spiro atoms. The summed E-state index contributed by atoms with van der Waals surface area (Å²) in [6.45, 7) is 7.33. The van der Waals surface area contributed by atoms with E-state index in [2.05, 4.69) is 103 Å². The van der Waals surface area contributed by atoms with Crippen molar-refractivity contribution in [2.45, 2.75) is 60.1 Å². The van der Waals surface area contributed by atoms with Crippen LogP contribution in [0.25, 0.3) is 0 Å². The number of hydrogen-bond acceptors (Lipinski definition) is 46. The normalized spacial score (nSPS) is 11.6. The lowest BCUT2D eigenvalue weighted by Gasteiger charge is -2.14. The molecule has 0 bridgehead atoms. The highest BCUT2D eigenvalue weighted by atomic mass is 32.2. The van der Waals surface area contributed by atoms with Crippen molar-refractivity contribution in [2.24, 2.45) is 81.8 Å². The first kappa shape index (κ1) is 110. The molecule has 8 N–H and O–H groups in total. The van der Waals surface area contributed by atoms with Gasteiger partial charge < -0.3 is 21.3 Å². The molecular formula is C90H72N26O24S8. The summed E-state index contributed by atoms with van der Waals surface area (Å²) in [6, 6.07) is 78.5. The van der Waals surface area contributed by atoms with E-state index in [4.69, 9.17) is 80.4 Å². The number of hydrogen-bond donors (Lipinski definition) is 8. The number of nitrogens with zero attached hydrogens (tertiary/aromatic N) is 22. The largest absolute Gasteiger partial charge is 0.425 e. The fourth-order valence-electron chi connectivity index (χ4n) is 12.5. The van der Waals surface area contributed by atoms with Gasteiger partial charge in [-0.1, -0.05) is 66.7 Å². The maximum Gasteiger partial charge on any atom is 0.425 e. The summed E-state index contributed by atoms with van der Waals surface area (Å²) in [5.74, 6) is 1.22. The van der Waals surface area contributed by atoms with Gasteiger partial charge in [-0.05, 0) is 286 Å². The SMILES string of the molecule is Cc1cc(Cc2nc(Cc3ccc(N=Nc4ccc(N=Nc5ccccc5)cc4S(=O)(=O)O)c(C)c3)nc(Nc3cccc(Nc4nc(Nc5ccc(N=Nc6ccc(N=Nc7ccc(S(=O)(=O)O)cc7)cc6)c(C)c5)nc(Nc5ccc(N=Nc6ccc(N=Nc7ccccc7)cc6S(=O)(=O)O)c(C)c5)n4)c3)n2)ccc1N=Nc1ccc(N=Nc2ccc(S(=O)(=O)O)cc2)cc1.O=S(=O)=O.O=S(=O)=O.O=S(=O)=O.O=S(=O)=O. The van der Waals surface area contributed by atoms with Crippen LogP contribution in [0.5, 0.6) is 0 Å². The minimum atomic E-state index is -4.81. The van der Waals surface area contributed by atoms with Crippen molar-refractivity contribution >= 4 is 220 Å². The van der Waals surface area contributed by atoms with Crippen LogP contribution in [0, 0.1) is 27.7 Å². The molecule has 50 nitrogen and oxygen atoms in total. The number of aromatic nitrogens is 6. The highest BCUT2D eigenvalue weighted by Crippen LogP contribution is 2.38. The second-order valence-electron chi connectivity index (χ2n) is 29.8. The Hall–Kier alpha value is -18.0. The predicted octanol–water partition coefficient (Wildman–Crippen LogP) is 21.7. The first-order valence-corrected chi connectivity index (χ1v) is 51.3. The van der Waals surface area contributed by atoms with Crippen molar-refractivity contribution < 1.29 is 102 Å². The molecule has 0 aliphatic rings. The monoisotopic (exact) mass is 2160 g/mol. The van der Waals surface area contributed by atoms with Crippen molar-refractivity contribution in [3.05, 3.63) is 336 Å². The molecule has 2 aromatic heterocycles. The summed E-state index contributed by atoms with van der Waals surface area (Å²) >= 11 is 0. The maximum absolute atomic E-state index is 12.7. The van der Waals surface area contributed by atoms with Crippen LogP contribution in [-0.4, -0.2) is 132 Å². The van der Waals surface area contributed by atoms with E-state index in [1.807, 2.05) is 75.4 Å². The highest BCUT2D eigenvalue weighted by molar-refractivity contribution is 7.86. The molecule has 13 aromatic carbocycles. The molecule has 15 rings (SSSR count). The van der Waals surface area contributed by atoms with Crippen molar-refractivity contribution in [2.75, 3.05) is 21.3 Å². The van der Waals surface area contributed by atoms with E-state index in [1.54, 1.807) is 159 Å². The average molecular weight is 2160 g/mol. The van der Waals surface area contributed by atoms with Crippen molar-refractivity contribution in [1.29, 1.82) is 0 Å². The minimum absolute atomic E-state index is 0.0797. The summed E-state index contributed by atoms with van der Waals surface area (Å²) in [4.78, 5) is 27.7. The fraction of sp³-hybridized carbons (Fsp3) is 0.0667. The van der Waals surface area contributed by atoms with E-state index in [0.29, 0.717) is 114 Å². The highest BCUT2D eigenvalue weighted by Gasteiger charge is 2.22. The third-order valence-corrected chi connectivity index (χ3v) is 22.5. The Kier molecular flexibility index (Phi) is 38.6. The Bertz CT molecular complexity index is 8160. The fourth-order valence-corrected chi connectivity index (χ4v) is 14.7. The number of benzene rings is 13. The van der Waals surface area contributed by atoms with Gasteiger partial charge >= 0.3 is 42.4 Å². The lowest BCUT2D eigenvalue weighted by atomic mass is 10.1. The molecule has 0 fully saturated rings. The molecule has 0 radical (unpaired) electrons. The van der Waals surface area contributed by atoms with Gasteiger partial charge in [-0.25, -0.2) is 4.98 Å². The molecule has 0 unspecified atom stereocenters. The van der Waals surface area contributed by atoms with Crippen molar-refractivity contribution in [1.82, 2.24) is 29.9 Å². The first-order valence-electron chi connectivity index (χ1n) is 41.5. The maximum atomic E-state index is 12.7. The standard InChI is InChI=1S/C90H72N26O12S4.4O3S/c1-55-46-59(18-40-77(55)111-107-65-24-20-63(21-25-65)103-105-67-28-36-75(37-29-67)129(117,118)119)50-85-95-86(51-60-19-41-78(56(2)47-60)113-115-81-44-34-73(53-83(81)131(123,124)125)109-101-61-12-7-5-8-13-61)97-87(96-85)91-69-16-11-17-70(52-69)92-88-98-89(93-71-32-42-79(57(3)48-71)112-108-66-26-22-64(23-27-66)104-106-68-30-38-76(39-31-68)130(120,121)122)100-90(99-88)94-72-33-43-80(58(4)49-72)114-116-82-45-35-74(54-84(82)132(126,127)128)110-102-62-14-9-6-10-15-62;4*1-4(2)3/h5-49,52-54H,50-51H2,1-4H3,(H,117,118,119)(H,120,121,122)(H,123,124,125)(H,126,127,128)(H,91,95,96,97)(H3,92,93,94,98,99,100);;;;. The molecule has 754 valence electrons. The van der Waals surface area contributed by atoms with Crippen LogP contribution in [0.2, 0.25) is 0 Å². The van der Waals surface area contributed by atoms with Crippen LogP contribution in [0.4, 0.5) is 138 Å².